The first-order valence-corrected chi connectivity index (χ1v) is 13.6. The number of halogens is 1. The third-order valence-corrected chi connectivity index (χ3v) is 8.61. The summed E-state index contributed by atoms with van der Waals surface area (Å²) in [5.74, 6) is 0. The topological polar surface area (TPSA) is 9.34 Å². The summed E-state index contributed by atoms with van der Waals surface area (Å²) in [5, 5.41) is 8.22. The molecule has 0 aliphatic carbocycles. The Morgan fingerprint density at radius 1 is 0.436 bits per heavy atom. The lowest BCUT2D eigenvalue weighted by Crippen LogP contribution is -1.95. The first-order valence-electron chi connectivity index (χ1n) is 13.2. The summed E-state index contributed by atoms with van der Waals surface area (Å²) in [6.45, 7) is 0. The predicted molar refractivity (Wildman–Crippen MR) is 166 cm³/mol. The van der Waals surface area contributed by atoms with Crippen LogP contribution >= 0.6 is 11.6 Å². The standard InChI is InChI=1S/C36H21ClN2/c37-29-19-20-32-34-33-26(28-16-7-15-27-25-13-4-5-17-30(25)39(32)35(27)28)14-8-18-31(33)38(36(29)34)24-12-6-11-23(21-24)22-9-2-1-3-10-22/h1-21H. The van der Waals surface area contributed by atoms with E-state index in [2.05, 4.69) is 136 Å². The molecular weight excluding hydrogens is 496 g/mol. The van der Waals surface area contributed by atoms with Gasteiger partial charge in [-0.3, -0.25) is 0 Å². The summed E-state index contributed by atoms with van der Waals surface area (Å²) in [6.07, 6.45) is 0. The van der Waals surface area contributed by atoms with Crippen LogP contribution in [-0.2, 0) is 0 Å². The highest BCUT2D eigenvalue weighted by Gasteiger charge is 2.23. The minimum Gasteiger partial charge on any atom is -0.308 e. The van der Waals surface area contributed by atoms with E-state index in [0.29, 0.717) is 0 Å². The largest absolute Gasteiger partial charge is 0.308 e. The van der Waals surface area contributed by atoms with Crippen molar-refractivity contribution >= 4 is 71.5 Å². The highest BCUT2D eigenvalue weighted by molar-refractivity contribution is 6.40. The molecule has 0 radical (unpaired) electrons. The third-order valence-electron chi connectivity index (χ3n) is 8.30. The zero-order valence-corrected chi connectivity index (χ0v) is 21.7. The van der Waals surface area contributed by atoms with E-state index < -0.39 is 0 Å². The van der Waals surface area contributed by atoms with Crippen molar-refractivity contribution in [2.24, 2.45) is 0 Å². The lowest BCUT2D eigenvalue weighted by atomic mass is 10.0. The zero-order valence-electron chi connectivity index (χ0n) is 20.9. The molecule has 0 atom stereocenters. The van der Waals surface area contributed by atoms with Crippen LogP contribution in [0.1, 0.15) is 0 Å². The summed E-state index contributed by atoms with van der Waals surface area (Å²) in [5.41, 5.74) is 9.32. The summed E-state index contributed by atoms with van der Waals surface area (Å²) < 4.78 is 4.80. The Morgan fingerprint density at radius 3 is 2.00 bits per heavy atom. The number of hydrogen-bond donors (Lipinski definition) is 0. The predicted octanol–water partition coefficient (Wildman–Crippen LogP) is 10.3. The van der Waals surface area contributed by atoms with E-state index in [9.17, 15) is 0 Å². The molecule has 0 fully saturated rings. The van der Waals surface area contributed by atoms with Gasteiger partial charge in [0.2, 0.25) is 0 Å². The lowest BCUT2D eigenvalue weighted by molar-refractivity contribution is 1.18. The van der Waals surface area contributed by atoms with Crippen molar-refractivity contribution in [2.45, 2.75) is 0 Å². The first kappa shape index (κ1) is 21.2. The number of fused-ring (bicyclic) bond motifs is 5. The van der Waals surface area contributed by atoms with Crippen molar-refractivity contribution in [3.05, 3.63) is 132 Å². The summed E-state index contributed by atoms with van der Waals surface area (Å²) in [7, 11) is 0. The van der Waals surface area contributed by atoms with E-state index in [1.807, 2.05) is 0 Å². The Kier molecular flexibility index (Phi) is 4.14. The quantitative estimate of drug-likeness (QED) is 0.216. The Labute approximate surface area is 229 Å². The number of benzene rings is 6. The number of hydrogen-bond acceptors (Lipinski definition) is 0. The average molecular weight is 517 g/mol. The summed E-state index contributed by atoms with van der Waals surface area (Å²) in [6, 6.07) is 45.7. The molecule has 2 nitrogen and oxygen atoms in total. The third kappa shape index (κ3) is 2.71. The maximum absolute atomic E-state index is 7.12. The zero-order chi connectivity index (χ0) is 25.7. The highest BCUT2D eigenvalue weighted by Crippen LogP contribution is 2.45. The van der Waals surface area contributed by atoms with Crippen molar-refractivity contribution in [2.75, 3.05) is 0 Å². The molecule has 0 bridgehead atoms. The second-order valence-electron chi connectivity index (χ2n) is 10.3. The van der Waals surface area contributed by atoms with E-state index >= 15 is 0 Å². The van der Waals surface area contributed by atoms with Crippen molar-refractivity contribution in [1.82, 2.24) is 8.97 Å². The fourth-order valence-corrected chi connectivity index (χ4v) is 6.99. The molecule has 0 amide bonds. The Bertz CT molecular complexity index is 2390. The van der Waals surface area contributed by atoms with Crippen LogP contribution in [0.15, 0.2) is 127 Å². The fraction of sp³-hybridized carbons (Fsp3) is 0. The maximum Gasteiger partial charge on any atom is 0.0748 e. The van der Waals surface area contributed by atoms with E-state index in [-0.39, 0.29) is 0 Å². The monoisotopic (exact) mass is 516 g/mol. The van der Waals surface area contributed by atoms with Gasteiger partial charge in [0.05, 0.1) is 32.6 Å². The van der Waals surface area contributed by atoms with Crippen LogP contribution in [0.25, 0.3) is 76.7 Å². The van der Waals surface area contributed by atoms with E-state index in [0.717, 1.165) is 21.7 Å². The molecule has 0 spiro atoms. The van der Waals surface area contributed by atoms with Gasteiger partial charge in [-0.2, -0.15) is 0 Å². The molecule has 182 valence electrons. The molecule has 0 unspecified atom stereocenters. The second kappa shape index (κ2) is 7.63. The lowest BCUT2D eigenvalue weighted by Gasteiger charge is -2.12. The molecule has 9 aromatic rings. The molecule has 0 N–H and O–H groups in total. The number of aromatic nitrogens is 2. The number of rotatable bonds is 2. The molecule has 3 heterocycles. The molecule has 3 aromatic heterocycles. The van der Waals surface area contributed by atoms with Crippen LogP contribution in [-0.4, -0.2) is 8.97 Å². The van der Waals surface area contributed by atoms with Gasteiger partial charge in [0.1, 0.15) is 0 Å². The normalized spacial score (nSPS) is 12.2. The van der Waals surface area contributed by atoms with Gasteiger partial charge in [-0.05, 0) is 52.9 Å². The molecule has 39 heavy (non-hydrogen) atoms. The fourth-order valence-electron chi connectivity index (χ4n) is 6.75. The Balaban J connectivity index is 1.55. The number of para-hydroxylation sites is 2. The van der Waals surface area contributed by atoms with Gasteiger partial charge in [0.15, 0.2) is 0 Å². The van der Waals surface area contributed by atoms with Crippen molar-refractivity contribution in [1.29, 1.82) is 0 Å². The highest BCUT2D eigenvalue weighted by atomic mass is 35.5. The average Bonchev–Trinajstić information content (AvgIpc) is 3.48. The van der Waals surface area contributed by atoms with E-state index in [1.165, 1.54) is 60.0 Å². The summed E-state index contributed by atoms with van der Waals surface area (Å²) >= 11 is 7.12. The minimum atomic E-state index is 0.750. The van der Waals surface area contributed by atoms with Crippen LogP contribution in [0.5, 0.6) is 0 Å². The molecule has 9 rings (SSSR count). The molecule has 0 saturated carbocycles. The summed E-state index contributed by atoms with van der Waals surface area (Å²) in [4.78, 5) is 0. The minimum absolute atomic E-state index is 0.750. The second-order valence-corrected chi connectivity index (χ2v) is 10.7. The van der Waals surface area contributed by atoms with Crippen molar-refractivity contribution in [3.8, 4) is 16.8 Å². The smallest absolute Gasteiger partial charge is 0.0748 e. The van der Waals surface area contributed by atoms with Crippen LogP contribution in [0, 0.1) is 0 Å². The van der Waals surface area contributed by atoms with Crippen LogP contribution in [0.4, 0.5) is 0 Å². The van der Waals surface area contributed by atoms with Gasteiger partial charge in [0, 0.05) is 32.6 Å². The molecular formula is C36H21ClN2. The molecule has 6 aromatic carbocycles. The molecule has 3 heteroatoms. The maximum atomic E-state index is 7.12. The van der Waals surface area contributed by atoms with Gasteiger partial charge in [-0.25, -0.2) is 0 Å². The van der Waals surface area contributed by atoms with Gasteiger partial charge < -0.3 is 8.97 Å². The van der Waals surface area contributed by atoms with Gasteiger partial charge in [0.25, 0.3) is 0 Å². The van der Waals surface area contributed by atoms with Crippen molar-refractivity contribution in [3.63, 3.8) is 0 Å². The van der Waals surface area contributed by atoms with Gasteiger partial charge in [-0.1, -0.05) is 103 Å². The SMILES string of the molecule is Clc1ccc2c3c4c(cccc4n(-c4cccc(-c5ccccc5)c4)c13)c1cccc3c4ccccc4n2c13. The van der Waals surface area contributed by atoms with Gasteiger partial charge in [-0.15, -0.1) is 0 Å². The molecule has 0 aliphatic rings. The molecule has 0 aliphatic heterocycles. The van der Waals surface area contributed by atoms with Gasteiger partial charge >= 0.3 is 0 Å². The van der Waals surface area contributed by atoms with E-state index in [4.69, 9.17) is 11.6 Å². The van der Waals surface area contributed by atoms with Crippen LogP contribution in [0.3, 0.4) is 0 Å². The van der Waals surface area contributed by atoms with Crippen LogP contribution < -0.4 is 0 Å². The van der Waals surface area contributed by atoms with E-state index in [1.54, 1.807) is 0 Å². The Morgan fingerprint density at radius 2 is 1.10 bits per heavy atom. The number of nitrogens with zero attached hydrogens (tertiary/aromatic N) is 2. The van der Waals surface area contributed by atoms with Crippen LogP contribution in [0.2, 0.25) is 5.02 Å². The molecule has 0 saturated heterocycles. The first-order chi connectivity index (χ1) is 19.3. The van der Waals surface area contributed by atoms with Crippen molar-refractivity contribution < 1.29 is 0 Å². The Hall–Kier alpha value is -4.79.